The number of aliphatic hydroxyl groups is 1. The highest BCUT2D eigenvalue weighted by atomic mass is 16.5. The molecule has 0 spiro atoms. The minimum Gasteiger partial charge on any atom is -0.496 e. The summed E-state index contributed by atoms with van der Waals surface area (Å²) >= 11 is 0. The molecule has 0 bridgehead atoms. The third kappa shape index (κ3) is 4.04. The van der Waals surface area contributed by atoms with Crippen molar-refractivity contribution in [1.29, 1.82) is 0 Å². The van der Waals surface area contributed by atoms with Gasteiger partial charge in [0.25, 0.3) is 5.91 Å². The van der Waals surface area contributed by atoms with Crippen LogP contribution in [0.2, 0.25) is 0 Å². The van der Waals surface area contributed by atoms with Gasteiger partial charge in [-0.3, -0.25) is 9.78 Å². The van der Waals surface area contributed by atoms with E-state index in [9.17, 15) is 9.90 Å². The summed E-state index contributed by atoms with van der Waals surface area (Å²) in [7, 11) is 4.56. The van der Waals surface area contributed by atoms with Crippen molar-refractivity contribution in [2.24, 2.45) is 0 Å². The minimum absolute atomic E-state index is 0.0257. The Balaban J connectivity index is 1.69. The number of carbonyl (C=O) groups is 1. The molecule has 1 heterocycles. The first-order valence-corrected chi connectivity index (χ1v) is 9.24. The van der Waals surface area contributed by atoms with Crippen LogP contribution in [-0.4, -0.2) is 43.4 Å². The molecule has 1 saturated carbocycles. The second kappa shape index (κ2) is 8.48. The molecule has 150 valence electrons. The summed E-state index contributed by atoms with van der Waals surface area (Å²) in [6.07, 6.45) is 5.86. The van der Waals surface area contributed by atoms with Crippen LogP contribution >= 0.6 is 0 Å². The Morgan fingerprint density at radius 1 is 1.11 bits per heavy atom. The first kappa shape index (κ1) is 19.9. The highest BCUT2D eigenvalue weighted by Gasteiger charge is 2.35. The molecule has 1 aromatic heterocycles. The first-order valence-electron chi connectivity index (χ1n) is 9.24. The highest BCUT2D eigenvalue weighted by Crippen LogP contribution is 2.38. The van der Waals surface area contributed by atoms with Gasteiger partial charge in [0.05, 0.1) is 32.5 Å². The number of nitrogens with one attached hydrogen (secondary N) is 1. The summed E-state index contributed by atoms with van der Waals surface area (Å²) in [5, 5.41) is 14.0. The molecule has 0 saturated heterocycles. The maximum atomic E-state index is 12.8. The van der Waals surface area contributed by atoms with Crippen LogP contribution in [0.15, 0.2) is 36.7 Å². The van der Waals surface area contributed by atoms with E-state index in [1.54, 1.807) is 24.5 Å². The smallest absolute Gasteiger partial charge is 0.255 e. The summed E-state index contributed by atoms with van der Waals surface area (Å²) in [6.45, 7) is 0. The number of hydrogen-bond acceptors (Lipinski definition) is 6. The number of nitrogens with zero attached hydrogens (tertiary/aromatic N) is 1. The van der Waals surface area contributed by atoms with Crippen LogP contribution < -0.4 is 19.5 Å². The molecule has 0 radical (unpaired) electrons. The lowest BCUT2D eigenvalue weighted by molar-refractivity contribution is -0.00833. The van der Waals surface area contributed by atoms with Gasteiger partial charge in [-0.2, -0.15) is 0 Å². The van der Waals surface area contributed by atoms with E-state index >= 15 is 0 Å². The molecule has 2 N–H and O–H groups in total. The van der Waals surface area contributed by atoms with Gasteiger partial charge in [-0.25, -0.2) is 0 Å². The number of ether oxygens (including phenoxy) is 3. The number of aromatic nitrogens is 1. The number of amides is 1. The second-order valence-electron chi connectivity index (χ2n) is 6.93. The third-order valence-electron chi connectivity index (χ3n) is 5.30. The predicted octanol–water partition coefficient (Wildman–Crippen LogP) is 2.67. The number of rotatable bonds is 6. The SMILES string of the molecule is COc1cc(OC)c(C(=O)NC2CCC(O)(c3cccnc3)CC2)cc1OC. The number of hydrogen-bond donors (Lipinski definition) is 2. The van der Waals surface area contributed by atoms with E-state index in [4.69, 9.17) is 14.2 Å². The second-order valence-corrected chi connectivity index (χ2v) is 6.93. The van der Waals surface area contributed by atoms with Crippen LogP contribution in [0.25, 0.3) is 0 Å². The van der Waals surface area contributed by atoms with Crippen molar-refractivity contribution in [2.75, 3.05) is 21.3 Å². The molecule has 2 aromatic rings. The van der Waals surface area contributed by atoms with Crippen molar-refractivity contribution in [3.05, 3.63) is 47.8 Å². The Morgan fingerprint density at radius 3 is 2.32 bits per heavy atom. The van der Waals surface area contributed by atoms with Gasteiger partial charge >= 0.3 is 0 Å². The van der Waals surface area contributed by atoms with E-state index in [0.717, 1.165) is 5.56 Å². The number of methoxy groups -OCH3 is 3. The summed E-state index contributed by atoms with van der Waals surface area (Å²) in [6, 6.07) is 6.94. The lowest BCUT2D eigenvalue weighted by Crippen LogP contribution is -2.42. The molecule has 7 nitrogen and oxygen atoms in total. The van der Waals surface area contributed by atoms with Gasteiger partial charge in [0.1, 0.15) is 5.75 Å². The fraction of sp³-hybridized carbons (Fsp3) is 0.429. The van der Waals surface area contributed by atoms with E-state index in [2.05, 4.69) is 10.3 Å². The normalized spacial score (nSPS) is 21.6. The van der Waals surface area contributed by atoms with Crippen molar-refractivity contribution in [3.63, 3.8) is 0 Å². The average molecular weight is 386 g/mol. The average Bonchev–Trinajstić information content (AvgIpc) is 2.75. The van der Waals surface area contributed by atoms with E-state index < -0.39 is 5.60 Å². The molecule has 1 amide bonds. The maximum absolute atomic E-state index is 12.8. The van der Waals surface area contributed by atoms with Crippen LogP contribution in [0.1, 0.15) is 41.6 Å². The van der Waals surface area contributed by atoms with Gasteiger partial charge < -0.3 is 24.6 Å². The van der Waals surface area contributed by atoms with E-state index in [1.807, 2.05) is 12.1 Å². The summed E-state index contributed by atoms with van der Waals surface area (Å²) < 4.78 is 15.9. The number of carbonyl (C=O) groups excluding carboxylic acids is 1. The van der Waals surface area contributed by atoms with Crippen molar-refractivity contribution >= 4 is 5.91 Å². The summed E-state index contributed by atoms with van der Waals surface area (Å²) in [5.41, 5.74) is 0.311. The zero-order valence-corrected chi connectivity index (χ0v) is 16.4. The van der Waals surface area contributed by atoms with Gasteiger partial charge in [0.15, 0.2) is 11.5 Å². The third-order valence-corrected chi connectivity index (χ3v) is 5.30. The maximum Gasteiger partial charge on any atom is 0.255 e. The van der Waals surface area contributed by atoms with Gasteiger partial charge in [0, 0.05) is 36.1 Å². The summed E-state index contributed by atoms with van der Waals surface area (Å²) in [5.74, 6) is 1.13. The molecule has 1 aliphatic rings. The molecule has 1 fully saturated rings. The fourth-order valence-electron chi connectivity index (χ4n) is 3.64. The molecule has 1 aliphatic carbocycles. The highest BCUT2D eigenvalue weighted by molar-refractivity contribution is 5.98. The Labute approximate surface area is 164 Å². The van der Waals surface area contributed by atoms with Gasteiger partial charge in [0.2, 0.25) is 0 Å². The number of pyridine rings is 1. The minimum atomic E-state index is -0.892. The zero-order valence-electron chi connectivity index (χ0n) is 16.4. The molecule has 7 heteroatoms. The molecular weight excluding hydrogens is 360 g/mol. The Bertz CT molecular complexity index is 817. The molecule has 3 rings (SSSR count). The van der Waals surface area contributed by atoms with Crippen LogP contribution in [0.5, 0.6) is 17.2 Å². The van der Waals surface area contributed by atoms with Gasteiger partial charge in [-0.05, 0) is 31.7 Å². The van der Waals surface area contributed by atoms with Crippen LogP contribution in [0.3, 0.4) is 0 Å². The number of benzene rings is 1. The zero-order chi connectivity index (χ0) is 20.1. The quantitative estimate of drug-likeness (QED) is 0.793. The monoisotopic (exact) mass is 386 g/mol. The molecule has 28 heavy (non-hydrogen) atoms. The molecular formula is C21H26N2O5. The first-order chi connectivity index (χ1) is 13.5. The van der Waals surface area contributed by atoms with E-state index in [0.29, 0.717) is 48.5 Å². The molecule has 0 unspecified atom stereocenters. The standard InChI is InChI=1S/C21H26N2O5/c1-26-17-12-19(28-3)18(27-2)11-16(17)20(24)23-15-6-8-21(25,9-7-15)14-5-4-10-22-13-14/h4-5,10-13,15,25H,6-9H2,1-3H3,(H,23,24). The van der Waals surface area contributed by atoms with Crippen molar-refractivity contribution in [3.8, 4) is 17.2 Å². The largest absolute Gasteiger partial charge is 0.496 e. The Hall–Kier alpha value is -2.80. The van der Waals surface area contributed by atoms with Crippen molar-refractivity contribution < 1.29 is 24.1 Å². The topological polar surface area (TPSA) is 89.9 Å². The van der Waals surface area contributed by atoms with Gasteiger partial charge in [-0.1, -0.05) is 6.07 Å². The predicted molar refractivity (Wildman–Crippen MR) is 104 cm³/mol. The Kier molecular flexibility index (Phi) is 6.04. The van der Waals surface area contributed by atoms with Crippen LogP contribution in [-0.2, 0) is 5.60 Å². The van der Waals surface area contributed by atoms with Crippen molar-refractivity contribution in [2.45, 2.75) is 37.3 Å². The summed E-state index contributed by atoms with van der Waals surface area (Å²) in [4.78, 5) is 16.9. The molecule has 0 aliphatic heterocycles. The molecule has 0 atom stereocenters. The van der Waals surface area contributed by atoms with E-state index in [-0.39, 0.29) is 11.9 Å². The van der Waals surface area contributed by atoms with E-state index in [1.165, 1.54) is 21.3 Å². The van der Waals surface area contributed by atoms with Crippen LogP contribution in [0, 0.1) is 0 Å². The molecule has 1 aromatic carbocycles. The fourth-order valence-corrected chi connectivity index (χ4v) is 3.64. The van der Waals surface area contributed by atoms with Crippen molar-refractivity contribution in [1.82, 2.24) is 10.3 Å². The Morgan fingerprint density at radius 2 is 1.75 bits per heavy atom. The van der Waals surface area contributed by atoms with Gasteiger partial charge in [-0.15, -0.1) is 0 Å². The lowest BCUT2D eigenvalue weighted by atomic mass is 9.78. The van der Waals surface area contributed by atoms with Crippen LogP contribution in [0.4, 0.5) is 0 Å². The lowest BCUT2D eigenvalue weighted by Gasteiger charge is -2.36.